The third-order valence-electron chi connectivity index (χ3n) is 4.59. The van der Waals surface area contributed by atoms with Crippen LogP contribution >= 0.6 is 11.6 Å². The third-order valence-corrected chi connectivity index (χ3v) is 4.82. The average Bonchev–Trinajstić information content (AvgIpc) is 2.61. The van der Waals surface area contributed by atoms with Crippen LogP contribution in [0, 0.1) is 12.8 Å². The number of nitrogens with one attached hydrogen (secondary N) is 3. The molecule has 0 saturated carbocycles. The Morgan fingerprint density at radius 2 is 1.79 bits per heavy atom. The van der Waals surface area contributed by atoms with E-state index in [0.29, 0.717) is 30.3 Å². The standard InChI is InChI=1S/C20H29ClN4O3/c1-13-5-6-15(21)11-16(13)23-18(27)17(26)22-12-14-7-9-25(10-8-14)19(28)24-20(2,3)4/h5-6,11,14H,7-10,12H2,1-4H3,(H,22,26)(H,23,27)(H,24,28). The van der Waals surface area contributed by atoms with Crippen molar-refractivity contribution in [1.29, 1.82) is 0 Å². The summed E-state index contributed by atoms with van der Waals surface area (Å²) < 4.78 is 0. The minimum atomic E-state index is -0.715. The molecule has 2 rings (SSSR count). The highest BCUT2D eigenvalue weighted by Crippen LogP contribution is 2.20. The molecule has 1 heterocycles. The van der Waals surface area contributed by atoms with Crippen LogP contribution in [0.1, 0.15) is 39.2 Å². The maximum absolute atomic E-state index is 12.2. The maximum atomic E-state index is 12.2. The van der Waals surface area contributed by atoms with E-state index in [2.05, 4.69) is 16.0 Å². The van der Waals surface area contributed by atoms with Gasteiger partial charge in [0.1, 0.15) is 0 Å². The summed E-state index contributed by atoms with van der Waals surface area (Å²) in [7, 11) is 0. The molecule has 0 bridgehead atoms. The van der Waals surface area contributed by atoms with Crippen molar-refractivity contribution in [2.24, 2.45) is 5.92 Å². The summed E-state index contributed by atoms with van der Waals surface area (Å²) in [5, 5.41) is 8.72. The van der Waals surface area contributed by atoms with Crippen LogP contribution in [0.15, 0.2) is 18.2 Å². The van der Waals surface area contributed by atoms with Crippen LogP contribution in [0.4, 0.5) is 10.5 Å². The lowest BCUT2D eigenvalue weighted by atomic mass is 9.97. The summed E-state index contributed by atoms with van der Waals surface area (Å²) >= 11 is 5.93. The summed E-state index contributed by atoms with van der Waals surface area (Å²) in [6.45, 7) is 9.35. The van der Waals surface area contributed by atoms with E-state index >= 15 is 0 Å². The molecule has 0 aromatic heterocycles. The van der Waals surface area contributed by atoms with Gasteiger partial charge >= 0.3 is 17.8 Å². The fourth-order valence-corrected chi connectivity index (χ4v) is 3.14. The van der Waals surface area contributed by atoms with Gasteiger partial charge in [-0.25, -0.2) is 4.79 Å². The molecule has 1 aliphatic rings. The van der Waals surface area contributed by atoms with Gasteiger partial charge in [-0.2, -0.15) is 0 Å². The Hall–Kier alpha value is -2.28. The zero-order chi connectivity index (χ0) is 20.9. The third kappa shape index (κ3) is 6.71. The number of halogens is 1. The zero-order valence-electron chi connectivity index (χ0n) is 16.9. The molecule has 0 atom stereocenters. The first-order chi connectivity index (χ1) is 13.0. The molecule has 1 aromatic rings. The van der Waals surface area contributed by atoms with Gasteiger partial charge in [-0.05, 0) is 64.2 Å². The highest BCUT2D eigenvalue weighted by molar-refractivity contribution is 6.40. The van der Waals surface area contributed by atoms with Crippen molar-refractivity contribution in [3.8, 4) is 0 Å². The summed E-state index contributed by atoms with van der Waals surface area (Å²) in [5.41, 5.74) is 1.08. The molecule has 1 aromatic carbocycles. The largest absolute Gasteiger partial charge is 0.348 e. The van der Waals surface area contributed by atoms with Gasteiger partial charge in [-0.15, -0.1) is 0 Å². The van der Waals surface area contributed by atoms with E-state index in [1.54, 1.807) is 23.1 Å². The molecule has 154 valence electrons. The van der Waals surface area contributed by atoms with Gasteiger partial charge in [0.25, 0.3) is 0 Å². The van der Waals surface area contributed by atoms with E-state index < -0.39 is 11.8 Å². The predicted octanol–water partition coefficient (Wildman–Crippen LogP) is 2.92. The Morgan fingerprint density at radius 1 is 1.14 bits per heavy atom. The molecular formula is C20H29ClN4O3. The first-order valence-electron chi connectivity index (χ1n) is 9.47. The number of aryl methyl sites for hydroxylation is 1. The van der Waals surface area contributed by atoms with Crippen molar-refractivity contribution < 1.29 is 14.4 Å². The van der Waals surface area contributed by atoms with Crippen molar-refractivity contribution in [3.05, 3.63) is 28.8 Å². The number of anilines is 1. The molecule has 0 unspecified atom stereocenters. The number of benzene rings is 1. The van der Waals surface area contributed by atoms with Crippen LogP contribution in [0.5, 0.6) is 0 Å². The van der Waals surface area contributed by atoms with Crippen LogP contribution < -0.4 is 16.0 Å². The molecule has 8 heteroatoms. The number of hydrogen-bond donors (Lipinski definition) is 3. The van der Waals surface area contributed by atoms with Gasteiger partial charge in [0.15, 0.2) is 0 Å². The summed E-state index contributed by atoms with van der Waals surface area (Å²) in [5.74, 6) is -1.15. The van der Waals surface area contributed by atoms with E-state index in [0.717, 1.165) is 18.4 Å². The maximum Gasteiger partial charge on any atom is 0.317 e. The van der Waals surface area contributed by atoms with Gasteiger partial charge in [-0.1, -0.05) is 17.7 Å². The summed E-state index contributed by atoms with van der Waals surface area (Å²) in [6.07, 6.45) is 1.57. The lowest BCUT2D eigenvalue weighted by Gasteiger charge is -2.34. The average molecular weight is 409 g/mol. The number of piperidine rings is 1. The molecule has 0 aliphatic carbocycles. The quantitative estimate of drug-likeness (QED) is 0.671. The number of carbonyl (C=O) groups excluding carboxylic acids is 3. The number of amides is 4. The van der Waals surface area contributed by atoms with Crippen LogP contribution in [0.2, 0.25) is 5.02 Å². The highest BCUT2D eigenvalue weighted by atomic mass is 35.5. The Bertz CT molecular complexity index is 737. The summed E-state index contributed by atoms with van der Waals surface area (Å²) in [6, 6.07) is 5.05. The van der Waals surface area contributed by atoms with Crippen molar-refractivity contribution in [2.75, 3.05) is 25.0 Å². The summed E-state index contributed by atoms with van der Waals surface area (Å²) in [4.78, 5) is 38.2. The molecule has 3 N–H and O–H groups in total. The van der Waals surface area contributed by atoms with E-state index in [1.165, 1.54) is 0 Å². The minimum absolute atomic E-state index is 0.0637. The normalized spacial score (nSPS) is 15.1. The predicted molar refractivity (Wildman–Crippen MR) is 110 cm³/mol. The Labute approximate surface area is 171 Å². The van der Waals surface area contributed by atoms with Gasteiger partial charge in [0.05, 0.1) is 0 Å². The second-order valence-electron chi connectivity index (χ2n) is 8.23. The zero-order valence-corrected chi connectivity index (χ0v) is 17.7. The number of carbonyl (C=O) groups is 3. The van der Waals surface area contributed by atoms with Crippen molar-refractivity contribution >= 4 is 35.1 Å². The second-order valence-corrected chi connectivity index (χ2v) is 8.67. The van der Waals surface area contributed by atoms with Crippen LogP contribution in [0.25, 0.3) is 0 Å². The highest BCUT2D eigenvalue weighted by Gasteiger charge is 2.26. The number of hydrogen-bond acceptors (Lipinski definition) is 3. The number of nitrogens with zero attached hydrogens (tertiary/aromatic N) is 1. The first-order valence-corrected chi connectivity index (χ1v) is 9.85. The Kier molecular flexibility index (Phi) is 7.29. The van der Waals surface area contributed by atoms with Crippen LogP contribution in [-0.4, -0.2) is 47.9 Å². The number of rotatable bonds is 3. The van der Waals surface area contributed by atoms with Gasteiger partial charge in [-0.3, -0.25) is 9.59 Å². The molecule has 28 heavy (non-hydrogen) atoms. The molecule has 7 nitrogen and oxygen atoms in total. The van der Waals surface area contributed by atoms with E-state index in [-0.39, 0.29) is 17.5 Å². The van der Waals surface area contributed by atoms with E-state index in [4.69, 9.17) is 11.6 Å². The first kappa shape index (κ1) is 22.0. The van der Waals surface area contributed by atoms with Crippen LogP contribution in [-0.2, 0) is 9.59 Å². The van der Waals surface area contributed by atoms with Crippen molar-refractivity contribution in [3.63, 3.8) is 0 Å². The molecule has 4 amide bonds. The van der Waals surface area contributed by atoms with E-state index in [1.807, 2.05) is 27.7 Å². The lowest BCUT2D eigenvalue weighted by Crippen LogP contribution is -2.51. The van der Waals surface area contributed by atoms with Crippen molar-refractivity contribution in [2.45, 2.75) is 46.1 Å². The van der Waals surface area contributed by atoms with E-state index in [9.17, 15) is 14.4 Å². The fraction of sp³-hybridized carbons (Fsp3) is 0.550. The minimum Gasteiger partial charge on any atom is -0.348 e. The molecular weight excluding hydrogens is 380 g/mol. The molecule has 1 aliphatic heterocycles. The molecule has 1 fully saturated rings. The van der Waals surface area contributed by atoms with Gasteiger partial charge < -0.3 is 20.9 Å². The topological polar surface area (TPSA) is 90.5 Å². The molecule has 1 saturated heterocycles. The lowest BCUT2D eigenvalue weighted by molar-refractivity contribution is -0.136. The Balaban J connectivity index is 1.75. The van der Waals surface area contributed by atoms with Crippen LogP contribution in [0.3, 0.4) is 0 Å². The van der Waals surface area contributed by atoms with Gasteiger partial charge in [0.2, 0.25) is 0 Å². The van der Waals surface area contributed by atoms with Crippen molar-refractivity contribution in [1.82, 2.24) is 15.5 Å². The SMILES string of the molecule is Cc1ccc(Cl)cc1NC(=O)C(=O)NCC1CCN(C(=O)NC(C)(C)C)CC1. The fourth-order valence-electron chi connectivity index (χ4n) is 2.97. The Morgan fingerprint density at radius 3 is 2.39 bits per heavy atom. The smallest absolute Gasteiger partial charge is 0.317 e. The molecule has 0 radical (unpaired) electrons. The molecule has 0 spiro atoms. The number of urea groups is 1. The number of likely N-dealkylation sites (tertiary alicyclic amines) is 1. The monoisotopic (exact) mass is 408 g/mol. The second kappa shape index (κ2) is 9.28. The van der Waals surface area contributed by atoms with Gasteiger partial charge in [0, 0.05) is 35.9 Å².